The third-order valence-corrected chi connectivity index (χ3v) is 3.21. The molecule has 0 aliphatic carbocycles. The zero-order valence-electron chi connectivity index (χ0n) is 13.2. The van der Waals surface area contributed by atoms with Crippen LogP contribution in [0.2, 0.25) is 0 Å². The van der Waals surface area contributed by atoms with Crippen molar-refractivity contribution in [2.75, 3.05) is 17.2 Å². The first-order valence-electron chi connectivity index (χ1n) is 7.58. The van der Waals surface area contributed by atoms with E-state index in [-0.39, 0.29) is 5.82 Å². The topological polar surface area (TPSA) is 59.1 Å². The molecule has 5 nitrogen and oxygen atoms in total. The lowest BCUT2D eigenvalue weighted by Crippen LogP contribution is -2.01. The number of anilines is 4. The molecule has 1 heterocycles. The summed E-state index contributed by atoms with van der Waals surface area (Å²) in [4.78, 5) is 8.35. The monoisotopic (exact) mass is 324 g/mol. The van der Waals surface area contributed by atoms with Crippen LogP contribution in [0.15, 0.2) is 60.9 Å². The quantitative estimate of drug-likeness (QED) is 0.699. The van der Waals surface area contributed by atoms with E-state index in [0.29, 0.717) is 23.9 Å². The molecular weight excluding hydrogens is 307 g/mol. The molecule has 0 saturated carbocycles. The Hall–Kier alpha value is -3.15. The smallest absolute Gasteiger partial charge is 0.142 e. The maximum Gasteiger partial charge on any atom is 0.142 e. The van der Waals surface area contributed by atoms with E-state index in [2.05, 4.69) is 20.6 Å². The zero-order chi connectivity index (χ0) is 16.8. The molecule has 1 aromatic heterocycles. The van der Waals surface area contributed by atoms with Crippen molar-refractivity contribution in [3.63, 3.8) is 0 Å². The van der Waals surface area contributed by atoms with Crippen LogP contribution in [0.5, 0.6) is 5.75 Å². The molecule has 6 heteroatoms. The minimum Gasteiger partial charge on any atom is -0.492 e. The van der Waals surface area contributed by atoms with Crippen LogP contribution in [-0.4, -0.2) is 16.6 Å². The van der Waals surface area contributed by atoms with Crippen LogP contribution in [0.1, 0.15) is 6.92 Å². The zero-order valence-corrected chi connectivity index (χ0v) is 13.2. The van der Waals surface area contributed by atoms with Crippen LogP contribution in [0.3, 0.4) is 0 Å². The van der Waals surface area contributed by atoms with Gasteiger partial charge in [-0.25, -0.2) is 14.4 Å². The Morgan fingerprint density at radius 3 is 2.54 bits per heavy atom. The Bertz CT molecular complexity index is 825. The van der Waals surface area contributed by atoms with E-state index >= 15 is 0 Å². The molecule has 0 atom stereocenters. The average Bonchev–Trinajstić information content (AvgIpc) is 2.57. The molecule has 122 valence electrons. The molecule has 0 spiro atoms. The van der Waals surface area contributed by atoms with Crippen LogP contribution >= 0.6 is 0 Å². The first-order valence-corrected chi connectivity index (χ1v) is 7.58. The van der Waals surface area contributed by atoms with Gasteiger partial charge in [0.25, 0.3) is 0 Å². The number of ether oxygens (including phenoxy) is 1. The summed E-state index contributed by atoms with van der Waals surface area (Å²) in [6, 6.07) is 15.6. The van der Waals surface area contributed by atoms with Crippen molar-refractivity contribution < 1.29 is 9.13 Å². The van der Waals surface area contributed by atoms with E-state index in [9.17, 15) is 4.39 Å². The largest absolute Gasteiger partial charge is 0.492 e. The Morgan fingerprint density at radius 1 is 0.958 bits per heavy atom. The lowest BCUT2D eigenvalue weighted by atomic mass is 10.3. The Balaban J connectivity index is 1.78. The van der Waals surface area contributed by atoms with E-state index in [1.807, 2.05) is 31.2 Å². The molecule has 0 unspecified atom stereocenters. The number of nitrogens with one attached hydrogen (secondary N) is 2. The van der Waals surface area contributed by atoms with Crippen LogP contribution in [-0.2, 0) is 0 Å². The summed E-state index contributed by atoms with van der Waals surface area (Å²) in [7, 11) is 0. The van der Waals surface area contributed by atoms with Crippen molar-refractivity contribution in [2.24, 2.45) is 0 Å². The maximum atomic E-state index is 13.3. The Labute approximate surface area is 139 Å². The number of halogens is 1. The summed E-state index contributed by atoms with van der Waals surface area (Å²) in [6.45, 7) is 2.51. The third-order valence-electron chi connectivity index (χ3n) is 3.21. The lowest BCUT2D eigenvalue weighted by Gasteiger charge is -2.12. The number of hydrogen-bond donors (Lipinski definition) is 2. The summed E-state index contributed by atoms with van der Waals surface area (Å²) >= 11 is 0. The van der Waals surface area contributed by atoms with Crippen LogP contribution in [0.4, 0.5) is 27.4 Å². The van der Waals surface area contributed by atoms with Gasteiger partial charge in [0, 0.05) is 11.8 Å². The van der Waals surface area contributed by atoms with E-state index in [4.69, 9.17) is 4.74 Å². The van der Waals surface area contributed by atoms with E-state index in [0.717, 1.165) is 11.4 Å². The number of para-hydroxylation sites is 2. The highest BCUT2D eigenvalue weighted by molar-refractivity contribution is 5.66. The van der Waals surface area contributed by atoms with Gasteiger partial charge in [0.05, 0.1) is 12.3 Å². The Kier molecular flexibility index (Phi) is 4.86. The van der Waals surface area contributed by atoms with Crippen LogP contribution in [0.25, 0.3) is 0 Å². The highest BCUT2D eigenvalue weighted by Gasteiger charge is 2.05. The highest BCUT2D eigenvalue weighted by atomic mass is 19.1. The number of nitrogens with zero attached hydrogens (tertiary/aromatic N) is 2. The Morgan fingerprint density at radius 2 is 1.75 bits per heavy atom. The molecule has 0 saturated heterocycles. The summed E-state index contributed by atoms with van der Waals surface area (Å²) < 4.78 is 18.8. The van der Waals surface area contributed by atoms with Gasteiger partial charge in [0.15, 0.2) is 0 Å². The minimum atomic E-state index is -0.307. The second kappa shape index (κ2) is 7.41. The first kappa shape index (κ1) is 15.7. The summed E-state index contributed by atoms with van der Waals surface area (Å²) in [5.74, 6) is 1.61. The number of hydrogen-bond acceptors (Lipinski definition) is 5. The summed E-state index contributed by atoms with van der Waals surface area (Å²) in [6.07, 6.45) is 1.44. The van der Waals surface area contributed by atoms with Crippen LogP contribution < -0.4 is 15.4 Å². The second-order valence-electron chi connectivity index (χ2n) is 4.98. The molecule has 0 aliphatic heterocycles. The molecular formula is C18H17FN4O. The van der Waals surface area contributed by atoms with Crippen molar-refractivity contribution in [2.45, 2.75) is 6.92 Å². The second-order valence-corrected chi connectivity index (χ2v) is 4.98. The molecule has 2 aromatic carbocycles. The molecule has 3 aromatic rings. The van der Waals surface area contributed by atoms with Gasteiger partial charge >= 0.3 is 0 Å². The van der Waals surface area contributed by atoms with Crippen molar-refractivity contribution in [1.29, 1.82) is 0 Å². The lowest BCUT2D eigenvalue weighted by molar-refractivity contribution is 0.342. The van der Waals surface area contributed by atoms with Gasteiger partial charge in [0.2, 0.25) is 0 Å². The molecule has 0 amide bonds. The summed E-state index contributed by atoms with van der Waals surface area (Å²) in [5, 5.41) is 6.25. The molecule has 0 fully saturated rings. The van der Waals surface area contributed by atoms with Gasteiger partial charge in [-0.05, 0) is 37.3 Å². The van der Waals surface area contributed by atoms with Crippen molar-refractivity contribution in [3.8, 4) is 5.75 Å². The van der Waals surface area contributed by atoms with Gasteiger partial charge in [-0.15, -0.1) is 0 Å². The van der Waals surface area contributed by atoms with E-state index < -0.39 is 0 Å². The van der Waals surface area contributed by atoms with Gasteiger partial charge in [-0.1, -0.05) is 18.2 Å². The number of benzene rings is 2. The fraction of sp³-hybridized carbons (Fsp3) is 0.111. The molecule has 24 heavy (non-hydrogen) atoms. The van der Waals surface area contributed by atoms with Gasteiger partial charge < -0.3 is 15.4 Å². The summed E-state index contributed by atoms with van der Waals surface area (Å²) in [5.41, 5.74) is 1.43. The maximum absolute atomic E-state index is 13.3. The third kappa shape index (κ3) is 3.98. The van der Waals surface area contributed by atoms with Crippen molar-refractivity contribution in [3.05, 3.63) is 66.7 Å². The number of aromatic nitrogens is 2. The van der Waals surface area contributed by atoms with Gasteiger partial charge in [-0.2, -0.15) is 0 Å². The standard InChI is InChI=1S/C18H17FN4O/c1-2-24-16-9-4-3-8-15(16)23-18-11-17(20-12-21-18)22-14-7-5-6-13(19)10-14/h3-12H,2H2,1H3,(H2,20,21,22,23). The number of rotatable bonds is 6. The van der Waals surface area contributed by atoms with E-state index in [1.165, 1.54) is 18.5 Å². The highest BCUT2D eigenvalue weighted by Crippen LogP contribution is 2.27. The first-order chi connectivity index (χ1) is 11.7. The predicted molar refractivity (Wildman–Crippen MR) is 92.6 cm³/mol. The van der Waals surface area contributed by atoms with Gasteiger partial charge in [-0.3, -0.25) is 0 Å². The minimum absolute atomic E-state index is 0.307. The SMILES string of the molecule is CCOc1ccccc1Nc1cc(Nc2cccc(F)c2)ncn1. The predicted octanol–water partition coefficient (Wildman–Crippen LogP) is 4.50. The average molecular weight is 324 g/mol. The fourth-order valence-electron chi connectivity index (χ4n) is 2.20. The molecule has 0 bridgehead atoms. The van der Waals surface area contributed by atoms with Crippen molar-refractivity contribution >= 4 is 23.0 Å². The molecule has 3 rings (SSSR count). The molecule has 2 N–H and O–H groups in total. The van der Waals surface area contributed by atoms with Crippen LogP contribution in [0, 0.1) is 5.82 Å². The van der Waals surface area contributed by atoms with E-state index in [1.54, 1.807) is 18.2 Å². The fourth-order valence-corrected chi connectivity index (χ4v) is 2.20. The molecule has 0 radical (unpaired) electrons. The normalized spacial score (nSPS) is 10.2. The van der Waals surface area contributed by atoms with Gasteiger partial charge in [0.1, 0.15) is 29.5 Å². The molecule has 0 aliphatic rings. The van der Waals surface area contributed by atoms with Crippen molar-refractivity contribution in [1.82, 2.24) is 9.97 Å².